The fraction of sp³-hybridized carbons (Fsp3) is 0.471. The SMILES string of the molecule is c1ccc2c(NC3CCCC3)c3c(nc2c1)CCC3. The van der Waals surface area contributed by atoms with Crippen LogP contribution in [0.15, 0.2) is 24.3 Å². The van der Waals surface area contributed by atoms with E-state index in [1.54, 1.807) is 0 Å². The number of aryl methyl sites for hydroxylation is 1. The summed E-state index contributed by atoms with van der Waals surface area (Å²) in [5, 5.41) is 5.16. The Morgan fingerprint density at radius 2 is 1.84 bits per heavy atom. The smallest absolute Gasteiger partial charge is 0.0726 e. The Labute approximate surface area is 114 Å². The van der Waals surface area contributed by atoms with Gasteiger partial charge in [-0.05, 0) is 43.7 Å². The van der Waals surface area contributed by atoms with Gasteiger partial charge in [0.15, 0.2) is 0 Å². The lowest BCUT2D eigenvalue weighted by Crippen LogP contribution is -2.16. The second kappa shape index (κ2) is 4.52. The molecule has 0 amide bonds. The van der Waals surface area contributed by atoms with E-state index in [0.717, 1.165) is 11.9 Å². The fourth-order valence-corrected chi connectivity index (χ4v) is 3.65. The topological polar surface area (TPSA) is 24.9 Å². The first-order valence-corrected chi connectivity index (χ1v) is 7.59. The van der Waals surface area contributed by atoms with Crippen molar-refractivity contribution in [3.63, 3.8) is 0 Å². The maximum absolute atomic E-state index is 4.85. The van der Waals surface area contributed by atoms with Gasteiger partial charge in [0.2, 0.25) is 0 Å². The molecular formula is C17H20N2. The minimum absolute atomic E-state index is 0.676. The summed E-state index contributed by atoms with van der Waals surface area (Å²) < 4.78 is 0. The quantitative estimate of drug-likeness (QED) is 0.871. The predicted octanol–water partition coefficient (Wildman–Crippen LogP) is 4.08. The summed E-state index contributed by atoms with van der Waals surface area (Å²) in [6.07, 6.45) is 9.02. The highest BCUT2D eigenvalue weighted by Crippen LogP contribution is 2.35. The van der Waals surface area contributed by atoms with Crippen molar-refractivity contribution in [1.29, 1.82) is 0 Å². The van der Waals surface area contributed by atoms with Crippen molar-refractivity contribution in [1.82, 2.24) is 4.98 Å². The summed E-state index contributed by atoms with van der Waals surface area (Å²) >= 11 is 0. The van der Waals surface area contributed by atoms with Crippen LogP contribution >= 0.6 is 0 Å². The Balaban J connectivity index is 1.85. The van der Waals surface area contributed by atoms with E-state index in [2.05, 4.69) is 29.6 Å². The van der Waals surface area contributed by atoms with E-state index in [0.29, 0.717) is 6.04 Å². The van der Waals surface area contributed by atoms with Gasteiger partial charge in [0.25, 0.3) is 0 Å². The zero-order valence-electron chi connectivity index (χ0n) is 11.3. The van der Waals surface area contributed by atoms with Gasteiger partial charge in [-0.3, -0.25) is 4.98 Å². The van der Waals surface area contributed by atoms with Crippen LogP contribution in [0.3, 0.4) is 0 Å². The normalized spacial score (nSPS) is 18.9. The molecule has 2 aliphatic rings. The molecule has 1 aromatic heterocycles. The lowest BCUT2D eigenvalue weighted by atomic mass is 10.1. The number of aromatic nitrogens is 1. The number of hydrogen-bond donors (Lipinski definition) is 1. The Hall–Kier alpha value is -1.57. The van der Waals surface area contributed by atoms with Gasteiger partial charge in [-0.25, -0.2) is 0 Å². The summed E-state index contributed by atoms with van der Waals surface area (Å²) in [5.74, 6) is 0. The summed E-state index contributed by atoms with van der Waals surface area (Å²) in [5.41, 5.74) is 5.37. The molecule has 1 N–H and O–H groups in total. The third-order valence-corrected chi connectivity index (χ3v) is 4.62. The molecule has 2 heteroatoms. The van der Waals surface area contributed by atoms with Crippen LogP contribution in [0.5, 0.6) is 0 Å². The van der Waals surface area contributed by atoms with Crippen molar-refractivity contribution >= 4 is 16.6 Å². The minimum atomic E-state index is 0.676. The highest BCUT2D eigenvalue weighted by Gasteiger charge is 2.22. The largest absolute Gasteiger partial charge is 0.381 e. The van der Waals surface area contributed by atoms with E-state index in [-0.39, 0.29) is 0 Å². The fourth-order valence-electron chi connectivity index (χ4n) is 3.65. The van der Waals surface area contributed by atoms with Crippen LogP contribution in [0, 0.1) is 0 Å². The standard InChI is InChI=1S/C17H20N2/c1-2-7-12(6-1)18-17-13-8-3-4-10-15(13)19-16-11-5-9-14(16)17/h3-4,8,10,12H,1-2,5-7,9,11H2,(H,18,19). The first-order valence-electron chi connectivity index (χ1n) is 7.59. The van der Waals surface area contributed by atoms with Crippen LogP contribution in [0.4, 0.5) is 5.69 Å². The van der Waals surface area contributed by atoms with E-state index >= 15 is 0 Å². The molecule has 98 valence electrons. The van der Waals surface area contributed by atoms with Crippen LogP contribution in [0.2, 0.25) is 0 Å². The predicted molar refractivity (Wildman–Crippen MR) is 79.6 cm³/mol. The number of nitrogens with zero attached hydrogens (tertiary/aromatic N) is 1. The van der Waals surface area contributed by atoms with Gasteiger partial charge in [-0.1, -0.05) is 31.0 Å². The van der Waals surface area contributed by atoms with E-state index in [4.69, 9.17) is 4.98 Å². The lowest BCUT2D eigenvalue weighted by molar-refractivity contribution is 0.754. The van der Waals surface area contributed by atoms with Crippen molar-refractivity contribution in [2.24, 2.45) is 0 Å². The van der Waals surface area contributed by atoms with Crippen molar-refractivity contribution in [3.8, 4) is 0 Å². The van der Waals surface area contributed by atoms with Crippen molar-refractivity contribution in [2.75, 3.05) is 5.32 Å². The first-order chi connectivity index (χ1) is 9.42. The van der Waals surface area contributed by atoms with Gasteiger partial charge < -0.3 is 5.32 Å². The molecular weight excluding hydrogens is 232 g/mol. The Kier molecular flexibility index (Phi) is 2.68. The van der Waals surface area contributed by atoms with E-state index in [9.17, 15) is 0 Å². The second-order valence-corrected chi connectivity index (χ2v) is 5.91. The summed E-state index contributed by atoms with van der Waals surface area (Å²) in [6, 6.07) is 9.27. The molecule has 2 aromatic rings. The maximum atomic E-state index is 4.85. The summed E-state index contributed by atoms with van der Waals surface area (Å²) in [6.45, 7) is 0. The van der Waals surface area contributed by atoms with Crippen LogP contribution in [-0.4, -0.2) is 11.0 Å². The zero-order chi connectivity index (χ0) is 12.7. The lowest BCUT2D eigenvalue weighted by Gasteiger charge is -2.19. The minimum Gasteiger partial charge on any atom is -0.381 e. The molecule has 0 radical (unpaired) electrons. The molecule has 0 atom stereocenters. The molecule has 1 saturated carbocycles. The van der Waals surface area contributed by atoms with Gasteiger partial charge in [-0.15, -0.1) is 0 Å². The molecule has 0 spiro atoms. The molecule has 1 fully saturated rings. The van der Waals surface area contributed by atoms with Gasteiger partial charge in [0.05, 0.1) is 5.52 Å². The Morgan fingerprint density at radius 3 is 2.74 bits per heavy atom. The van der Waals surface area contributed by atoms with Gasteiger partial charge in [0, 0.05) is 22.8 Å². The van der Waals surface area contributed by atoms with Crippen molar-refractivity contribution < 1.29 is 0 Å². The number of para-hydroxylation sites is 1. The Morgan fingerprint density at radius 1 is 1.00 bits per heavy atom. The van der Waals surface area contributed by atoms with E-state index in [1.807, 2.05) is 0 Å². The number of fused-ring (bicyclic) bond motifs is 2. The summed E-state index contributed by atoms with van der Waals surface area (Å²) in [7, 11) is 0. The van der Waals surface area contributed by atoms with Crippen molar-refractivity contribution in [3.05, 3.63) is 35.5 Å². The molecule has 19 heavy (non-hydrogen) atoms. The zero-order valence-corrected chi connectivity index (χ0v) is 11.3. The number of nitrogens with one attached hydrogen (secondary N) is 1. The van der Waals surface area contributed by atoms with Gasteiger partial charge in [0.1, 0.15) is 0 Å². The highest BCUT2D eigenvalue weighted by atomic mass is 14.9. The number of rotatable bonds is 2. The van der Waals surface area contributed by atoms with E-state index < -0.39 is 0 Å². The molecule has 0 unspecified atom stereocenters. The third kappa shape index (κ3) is 1.90. The number of pyridine rings is 1. The average molecular weight is 252 g/mol. The van der Waals surface area contributed by atoms with Gasteiger partial charge >= 0.3 is 0 Å². The van der Waals surface area contributed by atoms with Crippen molar-refractivity contribution in [2.45, 2.75) is 51.0 Å². The van der Waals surface area contributed by atoms with Crippen LogP contribution in [-0.2, 0) is 12.8 Å². The van der Waals surface area contributed by atoms with Crippen LogP contribution in [0.25, 0.3) is 10.9 Å². The molecule has 2 aliphatic carbocycles. The Bertz CT molecular complexity index is 612. The van der Waals surface area contributed by atoms with Gasteiger partial charge in [-0.2, -0.15) is 0 Å². The molecule has 0 bridgehead atoms. The second-order valence-electron chi connectivity index (χ2n) is 5.91. The molecule has 4 rings (SSSR count). The molecule has 0 aliphatic heterocycles. The number of benzene rings is 1. The van der Waals surface area contributed by atoms with Crippen LogP contribution in [0.1, 0.15) is 43.4 Å². The highest BCUT2D eigenvalue weighted by molar-refractivity contribution is 5.93. The summed E-state index contributed by atoms with van der Waals surface area (Å²) in [4.78, 5) is 4.85. The molecule has 1 heterocycles. The van der Waals surface area contributed by atoms with E-state index in [1.165, 1.54) is 60.9 Å². The number of hydrogen-bond acceptors (Lipinski definition) is 2. The first kappa shape index (κ1) is 11.3. The van der Waals surface area contributed by atoms with Crippen LogP contribution < -0.4 is 5.32 Å². The average Bonchev–Trinajstić information content (AvgIpc) is 3.09. The third-order valence-electron chi connectivity index (χ3n) is 4.62. The maximum Gasteiger partial charge on any atom is 0.0726 e. The monoisotopic (exact) mass is 252 g/mol. The molecule has 1 aromatic carbocycles. The number of anilines is 1. The molecule has 2 nitrogen and oxygen atoms in total. The molecule has 0 saturated heterocycles.